The molecule has 1 aromatic carbocycles. The smallest absolute Gasteiger partial charge is 0.184 e. The Morgan fingerprint density at radius 3 is 2.67 bits per heavy atom. The van der Waals surface area contributed by atoms with Gasteiger partial charge in [0.2, 0.25) is 0 Å². The normalized spacial score (nSPS) is 22.1. The minimum Gasteiger partial charge on any atom is -0.372 e. The van der Waals surface area contributed by atoms with Gasteiger partial charge in [0.25, 0.3) is 0 Å². The van der Waals surface area contributed by atoms with Crippen molar-refractivity contribution in [3.05, 3.63) is 42.2 Å². The molecule has 4 N–H and O–H groups in total. The maximum Gasteiger partial charge on any atom is 0.184 e. The SMILES string of the molecule is OC1Nc2ncc(-c3ccccc3)nc2C(O)N1. The van der Waals surface area contributed by atoms with Gasteiger partial charge in [0.15, 0.2) is 18.4 Å². The number of hydrogen-bond donors (Lipinski definition) is 4. The van der Waals surface area contributed by atoms with Crippen molar-refractivity contribution in [2.24, 2.45) is 0 Å². The third-order valence-corrected chi connectivity index (χ3v) is 2.72. The van der Waals surface area contributed by atoms with Crippen LogP contribution in [-0.2, 0) is 0 Å². The number of aliphatic hydroxyl groups excluding tert-OH is 2. The summed E-state index contributed by atoms with van der Waals surface area (Å²) in [6.07, 6.45) is -0.455. The number of anilines is 1. The zero-order valence-electron chi connectivity index (χ0n) is 9.41. The third-order valence-electron chi connectivity index (χ3n) is 2.72. The first-order valence-corrected chi connectivity index (χ1v) is 5.55. The van der Waals surface area contributed by atoms with Crippen molar-refractivity contribution in [3.8, 4) is 11.3 Å². The molecule has 92 valence electrons. The molecule has 18 heavy (non-hydrogen) atoms. The maximum absolute atomic E-state index is 9.79. The van der Waals surface area contributed by atoms with E-state index in [1.165, 1.54) is 0 Å². The second-order valence-electron chi connectivity index (χ2n) is 3.97. The molecule has 2 aromatic rings. The topological polar surface area (TPSA) is 90.3 Å². The first kappa shape index (κ1) is 11.1. The van der Waals surface area contributed by atoms with Gasteiger partial charge in [0.05, 0.1) is 11.9 Å². The number of aromatic nitrogens is 2. The molecule has 2 unspecified atom stereocenters. The summed E-state index contributed by atoms with van der Waals surface area (Å²) in [5.41, 5.74) is 1.97. The molecule has 2 heterocycles. The number of benzene rings is 1. The van der Waals surface area contributed by atoms with E-state index in [9.17, 15) is 10.2 Å². The van der Waals surface area contributed by atoms with E-state index < -0.39 is 12.6 Å². The molecule has 0 fully saturated rings. The highest BCUT2D eigenvalue weighted by Gasteiger charge is 2.25. The molecule has 0 spiro atoms. The van der Waals surface area contributed by atoms with Crippen LogP contribution in [-0.4, -0.2) is 26.5 Å². The van der Waals surface area contributed by atoms with Crippen molar-refractivity contribution in [2.45, 2.75) is 12.6 Å². The standard InChI is InChI=1S/C12H12N4O2/c17-11-9-10(15-12(18)16-11)13-6-8(14-9)7-4-2-1-3-5-7/h1-6,11-12,16-18H,(H,13,15). The van der Waals surface area contributed by atoms with Crippen LogP contribution in [0.1, 0.15) is 11.9 Å². The highest BCUT2D eigenvalue weighted by Crippen LogP contribution is 2.25. The first-order valence-electron chi connectivity index (χ1n) is 5.55. The highest BCUT2D eigenvalue weighted by atomic mass is 16.3. The maximum atomic E-state index is 9.79. The fourth-order valence-electron chi connectivity index (χ4n) is 1.85. The van der Waals surface area contributed by atoms with Crippen LogP contribution in [0.3, 0.4) is 0 Å². The zero-order valence-corrected chi connectivity index (χ0v) is 9.41. The molecule has 0 aliphatic carbocycles. The zero-order chi connectivity index (χ0) is 12.5. The average molecular weight is 244 g/mol. The van der Waals surface area contributed by atoms with Crippen LogP contribution in [0.2, 0.25) is 0 Å². The Balaban J connectivity index is 2.04. The Kier molecular flexibility index (Phi) is 2.67. The number of nitrogens with zero attached hydrogens (tertiary/aromatic N) is 2. The molecule has 0 saturated heterocycles. The predicted octanol–water partition coefficient (Wildman–Crippen LogP) is 0.425. The minimum atomic E-state index is -1.03. The molecule has 6 heteroatoms. The van der Waals surface area contributed by atoms with Crippen molar-refractivity contribution in [1.82, 2.24) is 15.3 Å². The van der Waals surface area contributed by atoms with Gasteiger partial charge in [-0.1, -0.05) is 30.3 Å². The molecule has 0 saturated carbocycles. The van der Waals surface area contributed by atoms with Crippen molar-refractivity contribution >= 4 is 5.82 Å². The van der Waals surface area contributed by atoms with E-state index >= 15 is 0 Å². The summed E-state index contributed by atoms with van der Waals surface area (Å²) in [6.45, 7) is 0. The van der Waals surface area contributed by atoms with Gasteiger partial charge in [0.1, 0.15) is 5.69 Å². The molecule has 6 nitrogen and oxygen atoms in total. The van der Waals surface area contributed by atoms with E-state index in [4.69, 9.17) is 0 Å². The Hall–Kier alpha value is -2.02. The van der Waals surface area contributed by atoms with E-state index in [1.807, 2.05) is 30.3 Å². The number of aliphatic hydroxyl groups is 2. The monoisotopic (exact) mass is 244 g/mol. The van der Waals surface area contributed by atoms with Gasteiger partial charge in [0, 0.05) is 5.56 Å². The van der Waals surface area contributed by atoms with Gasteiger partial charge in [-0.2, -0.15) is 0 Å². The summed E-state index contributed by atoms with van der Waals surface area (Å²) >= 11 is 0. The van der Waals surface area contributed by atoms with Crippen molar-refractivity contribution < 1.29 is 10.2 Å². The number of nitrogens with one attached hydrogen (secondary N) is 2. The van der Waals surface area contributed by atoms with E-state index in [0.717, 1.165) is 5.56 Å². The Morgan fingerprint density at radius 2 is 1.89 bits per heavy atom. The summed E-state index contributed by atoms with van der Waals surface area (Å²) in [7, 11) is 0. The Morgan fingerprint density at radius 1 is 1.11 bits per heavy atom. The van der Waals surface area contributed by atoms with Crippen LogP contribution in [0.4, 0.5) is 5.82 Å². The van der Waals surface area contributed by atoms with Crippen molar-refractivity contribution in [3.63, 3.8) is 0 Å². The molecular weight excluding hydrogens is 232 g/mol. The van der Waals surface area contributed by atoms with Gasteiger partial charge in [-0.25, -0.2) is 15.3 Å². The van der Waals surface area contributed by atoms with Crippen LogP contribution in [0.5, 0.6) is 0 Å². The van der Waals surface area contributed by atoms with E-state index in [1.54, 1.807) is 6.20 Å². The molecular formula is C12H12N4O2. The van der Waals surface area contributed by atoms with Gasteiger partial charge < -0.3 is 15.5 Å². The summed E-state index contributed by atoms with van der Waals surface area (Å²) in [4.78, 5) is 8.51. The number of fused-ring (bicyclic) bond motifs is 1. The minimum absolute atomic E-state index is 0.377. The lowest BCUT2D eigenvalue weighted by atomic mass is 10.1. The molecule has 1 aliphatic heterocycles. The van der Waals surface area contributed by atoms with Gasteiger partial charge in [-0.3, -0.25) is 0 Å². The molecule has 0 bridgehead atoms. The summed E-state index contributed by atoms with van der Waals surface area (Å²) in [5.74, 6) is 0.383. The molecule has 0 amide bonds. The van der Waals surface area contributed by atoms with Gasteiger partial charge in [-0.15, -0.1) is 0 Å². The summed E-state index contributed by atoms with van der Waals surface area (Å²) in [6, 6.07) is 9.58. The fourth-order valence-corrected chi connectivity index (χ4v) is 1.85. The number of hydrogen-bond acceptors (Lipinski definition) is 6. The van der Waals surface area contributed by atoms with E-state index in [2.05, 4.69) is 20.6 Å². The Bertz CT molecular complexity index is 561. The van der Waals surface area contributed by atoms with Gasteiger partial charge >= 0.3 is 0 Å². The summed E-state index contributed by atoms with van der Waals surface area (Å²) < 4.78 is 0. The van der Waals surface area contributed by atoms with Crippen LogP contribution >= 0.6 is 0 Å². The Labute approximate surface area is 103 Å². The second kappa shape index (κ2) is 4.34. The van der Waals surface area contributed by atoms with Crippen LogP contribution < -0.4 is 10.6 Å². The lowest BCUT2D eigenvalue weighted by Gasteiger charge is -2.26. The number of rotatable bonds is 1. The largest absolute Gasteiger partial charge is 0.372 e. The molecule has 1 aromatic heterocycles. The first-order chi connectivity index (χ1) is 8.74. The lowest BCUT2D eigenvalue weighted by Crippen LogP contribution is -2.43. The third kappa shape index (κ3) is 1.92. The van der Waals surface area contributed by atoms with E-state index in [0.29, 0.717) is 17.2 Å². The van der Waals surface area contributed by atoms with E-state index in [-0.39, 0.29) is 0 Å². The van der Waals surface area contributed by atoms with Crippen molar-refractivity contribution in [2.75, 3.05) is 5.32 Å². The van der Waals surface area contributed by atoms with Crippen LogP contribution in [0.25, 0.3) is 11.3 Å². The lowest BCUT2D eigenvalue weighted by molar-refractivity contribution is 0.0453. The molecule has 2 atom stereocenters. The van der Waals surface area contributed by atoms with Gasteiger partial charge in [-0.05, 0) is 0 Å². The highest BCUT2D eigenvalue weighted by molar-refractivity contribution is 5.60. The van der Waals surface area contributed by atoms with Crippen LogP contribution in [0, 0.1) is 0 Å². The molecule has 0 radical (unpaired) electrons. The average Bonchev–Trinajstić information content (AvgIpc) is 2.39. The predicted molar refractivity (Wildman–Crippen MR) is 65.2 cm³/mol. The van der Waals surface area contributed by atoms with Crippen molar-refractivity contribution in [1.29, 1.82) is 0 Å². The molecule has 1 aliphatic rings. The second-order valence-corrected chi connectivity index (χ2v) is 3.97. The fraction of sp³-hybridized carbons (Fsp3) is 0.167. The summed E-state index contributed by atoms with van der Waals surface area (Å²) in [5, 5.41) is 24.3. The quantitative estimate of drug-likeness (QED) is 0.581. The van der Waals surface area contributed by atoms with Crippen LogP contribution in [0.15, 0.2) is 36.5 Å². The molecule has 3 rings (SSSR count).